The third kappa shape index (κ3) is 5.93. The number of aliphatic hydroxyl groups excluding tert-OH is 1. The minimum atomic E-state index is -0.664. The number of carbonyl (C=O) groups excluding carboxylic acids is 2. The van der Waals surface area contributed by atoms with E-state index in [1.807, 2.05) is 48.5 Å². The molecule has 1 aliphatic heterocycles. The highest BCUT2D eigenvalue weighted by Gasteiger charge is 2.52. The fraction of sp³-hybridized carbons (Fsp3) is 0.895. The minimum absolute atomic E-state index is 0.0519. The zero-order chi connectivity index (χ0) is 20.3. The molecule has 0 aromatic rings. The number of hydrogen-bond donors (Lipinski definition) is 1. The molecule has 1 saturated heterocycles. The number of rotatable bonds is 7. The van der Waals surface area contributed by atoms with E-state index >= 15 is 0 Å². The van der Waals surface area contributed by atoms with Gasteiger partial charge in [0.05, 0.1) is 26.2 Å². The van der Waals surface area contributed by atoms with Crippen LogP contribution in [0.4, 0.5) is 0 Å². The average molecular weight is 373 g/mol. The lowest BCUT2D eigenvalue weighted by Gasteiger charge is -2.30. The van der Waals surface area contributed by atoms with E-state index in [1.165, 1.54) is 12.2 Å². The van der Waals surface area contributed by atoms with Crippen LogP contribution in [-0.2, 0) is 23.9 Å². The lowest BCUT2D eigenvalue weighted by Crippen LogP contribution is -2.44. The van der Waals surface area contributed by atoms with E-state index in [-0.39, 0.29) is 37.6 Å². The van der Waals surface area contributed by atoms with Gasteiger partial charge in [-0.1, -0.05) is 27.7 Å². The van der Waals surface area contributed by atoms with Gasteiger partial charge in [-0.05, 0) is 26.7 Å². The molecule has 0 aromatic heterocycles. The largest absolute Gasteiger partial charge is 0.465 e. The number of nitrogens with zero attached hydrogens (tertiary/aromatic N) is 1. The van der Waals surface area contributed by atoms with E-state index in [4.69, 9.17) is 14.3 Å². The maximum absolute atomic E-state index is 12.7. The summed E-state index contributed by atoms with van der Waals surface area (Å²) in [5.74, 6) is -1.50. The lowest BCUT2D eigenvalue weighted by molar-refractivity contribution is -0.190. The van der Waals surface area contributed by atoms with Gasteiger partial charge in [-0.2, -0.15) is 5.06 Å². The minimum Gasteiger partial charge on any atom is -0.465 e. The van der Waals surface area contributed by atoms with E-state index in [0.717, 1.165) is 0 Å². The van der Waals surface area contributed by atoms with Gasteiger partial charge in [-0.25, -0.2) is 0 Å². The molecule has 3 atom stereocenters. The van der Waals surface area contributed by atoms with Crippen LogP contribution in [0.25, 0.3) is 0 Å². The molecule has 7 heteroatoms. The van der Waals surface area contributed by atoms with Gasteiger partial charge < -0.3 is 19.4 Å². The number of carbonyl (C=O) groups is 2. The molecule has 0 unspecified atom stereocenters. The van der Waals surface area contributed by atoms with Crippen LogP contribution < -0.4 is 0 Å². The maximum atomic E-state index is 12.7. The standard InChI is InChI=1S/C19H35NO6/c1-12(2)14-13(16(22)25-11-19(6,7)10-21)9-20(24-8)15(14)17(23)26-18(3,4)5/h12-15,21H,9-11H2,1-8H3/t13-,14+,15+/m0/s1. The second-order valence-electron chi connectivity index (χ2n) is 9.12. The molecule has 0 aliphatic carbocycles. The molecule has 7 nitrogen and oxygen atoms in total. The van der Waals surface area contributed by atoms with Crippen molar-refractivity contribution in [1.82, 2.24) is 5.06 Å². The van der Waals surface area contributed by atoms with E-state index in [9.17, 15) is 14.7 Å². The van der Waals surface area contributed by atoms with Gasteiger partial charge in [0.25, 0.3) is 0 Å². The molecule has 0 saturated carbocycles. The van der Waals surface area contributed by atoms with E-state index in [0.29, 0.717) is 0 Å². The second kappa shape index (κ2) is 8.67. The zero-order valence-electron chi connectivity index (χ0n) is 17.4. The summed E-state index contributed by atoms with van der Waals surface area (Å²) in [6.07, 6.45) is 0. The van der Waals surface area contributed by atoms with Crippen molar-refractivity contribution in [3.63, 3.8) is 0 Å². The van der Waals surface area contributed by atoms with Gasteiger partial charge in [0.1, 0.15) is 11.6 Å². The van der Waals surface area contributed by atoms with Crippen LogP contribution in [0, 0.1) is 23.2 Å². The molecular weight excluding hydrogens is 338 g/mol. The lowest BCUT2D eigenvalue weighted by atomic mass is 9.81. The van der Waals surface area contributed by atoms with Crippen LogP contribution in [0.5, 0.6) is 0 Å². The highest BCUT2D eigenvalue weighted by atomic mass is 16.7. The van der Waals surface area contributed by atoms with Crippen LogP contribution >= 0.6 is 0 Å². The summed E-state index contributed by atoms with van der Waals surface area (Å²) in [5.41, 5.74) is -1.13. The highest BCUT2D eigenvalue weighted by Crippen LogP contribution is 2.37. The van der Waals surface area contributed by atoms with Crippen molar-refractivity contribution >= 4 is 11.9 Å². The van der Waals surface area contributed by atoms with Gasteiger partial charge in [0, 0.05) is 17.9 Å². The molecule has 1 fully saturated rings. The van der Waals surface area contributed by atoms with Crippen LogP contribution in [0.2, 0.25) is 0 Å². The van der Waals surface area contributed by atoms with Gasteiger partial charge in [0.15, 0.2) is 0 Å². The molecule has 152 valence electrons. The topological polar surface area (TPSA) is 85.3 Å². The number of hydroxylamine groups is 2. The molecule has 0 radical (unpaired) electrons. The van der Waals surface area contributed by atoms with Gasteiger partial charge in [0.2, 0.25) is 0 Å². The van der Waals surface area contributed by atoms with Crippen molar-refractivity contribution < 1.29 is 29.0 Å². The fourth-order valence-electron chi connectivity index (χ4n) is 3.15. The first-order valence-electron chi connectivity index (χ1n) is 9.14. The quantitative estimate of drug-likeness (QED) is 0.683. The molecule has 1 heterocycles. The molecule has 1 rings (SSSR count). The average Bonchev–Trinajstić information content (AvgIpc) is 2.91. The molecule has 0 aromatic carbocycles. The molecule has 1 N–H and O–H groups in total. The normalized spacial score (nSPS) is 24.8. The number of aliphatic hydroxyl groups is 1. The molecule has 0 bridgehead atoms. The first-order chi connectivity index (χ1) is 11.8. The Balaban J connectivity index is 3.00. The number of hydrogen-bond acceptors (Lipinski definition) is 7. The van der Waals surface area contributed by atoms with Crippen LogP contribution in [0.1, 0.15) is 48.5 Å². The zero-order valence-corrected chi connectivity index (χ0v) is 17.4. The van der Waals surface area contributed by atoms with Crippen LogP contribution in [-0.4, -0.2) is 60.6 Å². The summed E-state index contributed by atoms with van der Waals surface area (Å²) < 4.78 is 11.0. The molecule has 0 amide bonds. The van der Waals surface area contributed by atoms with Gasteiger partial charge in [-0.3, -0.25) is 9.59 Å². The second-order valence-corrected chi connectivity index (χ2v) is 9.12. The summed E-state index contributed by atoms with van der Waals surface area (Å²) in [6, 6.07) is -0.664. The summed E-state index contributed by atoms with van der Waals surface area (Å²) in [4.78, 5) is 30.8. The first kappa shape index (κ1) is 22.9. The van der Waals surface area contributed by atoms with Gasteiger partial charge in [-0.15, -0.1) is 0 Å². The van der Waals surface area contributed by atoms with Crippen molar-refractivity contribution in [2.45, 2.75) is 60.1 Å². The van der Waals surface area contributed by atoms with E-state index in [1.54, 1.807) is 0 Å². The number of ether oxygens (including phenoxy) is 2. The Hall–Kier alpha value is -1.18. The first-order valence-corrected chi connectivity index (χ1v) is 9.14. The Bertz CT molecular complexity index is 497. The van der Waals surface area contributed by atoms with E-state index in [2.05, 4.69) is 0 Å². The molecular formula is C19H35NO6. The third-order valence-corrected chi connectivity index (χ3v) is 4.50. The Kier molecular flexibility index (Phi) is 7.62. The fourth-order valence-corrected chi connectivity index (χ4v) is 3.15. The highest BCUT2D eigenvalue weighted by molar-refractivity contribution is 5.81. The predicted octanol–water partition coefficient (Wildman–Crippen LogP) is 2.02. The summed E-state index contributed by atoms with van der Waals surface area (Å²) in [5, 5.41) is 10.9. The van der Waals surface area contributed by atoms with Crippen molar-refractivity contribution in [1.29, 1.82) is 0 Å². The third-order valence-electron chi connectivity index (χ3n) is 4.50. The van der Waals surface area contributed by atoms with Crippen molar-refractivity contribution in [2.24, 2.45) is 23.2 Å². The Labute approximate surface area is 156 Å². The molecule has 26 heavy (non-hydrogen) atoms. The smallest absolute Gasteiger partial charge is 0.326 e. The Morgan fingerprint density at radius 1 is 1.15 bits per heavy atom. The van der Waals surface area contributed by atoms with Crippen LogP contribution in [0.3, 0.4) is 0 Å². The molecule has 0 spiro atoms. The SMILES string of the molecule is CON1C[C@H](C(=O)OCC(C)(C)CO)[C@@H](C(C)C)[C@@H]1C(=O)OC(C)(C)C. The number of esters is 2. The Morgan fingerprint density at radius 2 is 1.73 bits per heavy atom. The summed E-state index contributed by atoms with van der Waals surface area (Å²) in [7, 11) is 1.48. The van der Waals surface area contributed by atoms with Crippen molar-refractivity contribution in [3.8, 4) is 0 Å². The monoisotopic (exact) mass is 373 g/mol. The van der Waals surface area contributed by atoms with Crippen molar-refractivity contribution in [2.75, 3.05) is 26.9 Å². The van der Waals surface area contributed by atoms with Crippen LogP contribution in [0.15, 0.2) is 0 Å². The van der Waals surface area contributed by atoms with Gasteiger partial charge >= 0.3 is 11.9 Å². The predicted molar refractivity (Wildman–Crippen MR) is 97.0 cm³/mol. The summed E-state index contributed by atoms with van der Waals surface area (Å²) >= 11 is 0. The summed E-state index contributed by atoms with van der Waals surface area (Å²) in [6.45, 7) is 13.3. The Morgan fingerprint density at radius 3 is 2.15 bits per heavy atom. The molecule has 1 aliphatic rings. The maximum Gasteiger partial charge on any atom is 0.326 e. The van der Waals surface area contributed by atoms with Crippen molar-refractivity contribution in [3.05, 3.63) is 0 Å². The van der Waals surface area contributed by atoms with E-state index < -0.39 is 28.9 Å².